The highest BCUT2D eigenvalue weighted by Crippen LogP contribution is 2.21. The zero-order valence-electron chi connectivity index (χ0n) is 15.3. The van der Waals surface area contributed by atoms with Crippen LogP contribution in [-0.4, -0.2) is 63.0 Å². The number of sulfone groups is 1. The van der Waals surface area contributed by atoms with E-state index in [-0.39, 0.29) is 34.9 Å². The maximum Gasteiger partial charge on any atom is 0.342 e. The molecule has 144 valence electrons. The highest BCUT2D eigenvalue weighted by atomic mass is 32.2. The molecule has 1 saturated heterocycles. The fraction of sp³-hybridized carbons (Fsp3) is 0.556. The number of hydrogen-bond acceptors (Lipinski definition) is 6. The summed E-state index contributed by atoms with van der Waals surface area (Å²) in [4.78, 5) is 26.4. The predicted octanol–water partition coefficient (Wildman–Crippen LogP) is 1.52. The van der Waals surface area contributed by atoms with E-state index in [1.54, 1.807) is 24.3 Å². The van der Waals surface area contributed by atoms with Crippen molar-refractivity contribution in [3.05, 3.63) is 29.8 Å². The van der Waals surface area contributed by atoms with E-state index < -0.39 is 22.4 Å². The fourth-order valence-electron chi connectivity index (χ4n) is 2.97. The maximum absolute atomic E-state index is 12.6. The molecule has 1 unspecified atom stereocenters. The highest BCUT2D eigenvalue weighted by molar-refractivity contribution is 7.91. The van der Waals surface area contributed by atoms with Gasteiger partial charge < -0.3 is 14.4 Å². The van der Waals surface area contributed by atoms with Crippen LogP contribution >= 0.6 is 0 Å². The molecular weight excluding hydrogens is 358 g/mol. The number of benzene rings is 1. The fourth-order valence-corrected chi connectivity index (χ4v) is 4.70. The molecule has 8 heteroatoms. The lowest BCUT2D eigenvalue weighted by Crippen LogP contribution is -2.45. The maximum atomic E-state index is 12.6. The second-order valence-electron chi connectivity index (χ2n) is 6.77. The number of nitrogens with zero attached hydrogens (tertiary/aromatic N) is 1. The number of methoxy groups -OCH3 is 1. The standard InChI is InChI=1S/C18H25NO6S/c1-13(2)10-19(14-8-9-26(22,23)12-14)17(20)11-25-18(21)15-6-4-5-7-16(15)24-3/h4-7,13-14H,8-12H2,1-3H3. The molecule has 0 saturated carbocycles. The van der Waals surface area contributed by atoms with Crippen LogP contribution in [0, 0.1) is 5.92 Å². The third-order valence-corrected chi connectivity index (χ3v) is 5.94. The minimum Gasteiger partial charge on any atom is -0.496 e. The molecule has 1 fully saturated rings. The van der Waals surface area contributed by atoms with Crippen LogP contribution in [0.15, 0.2) is 24.3 Å². The van der Waals surface area contributed by atoms with Crippen molar-refractivity contribution >= 4 is 21.7 Å². The summed E-state index contributed by atoms with van der Waals surface area (Å²) >= 11 is 0. The lowest BCUT2D eigenvalue weighted by Gasteiger charge is -2.29. The molecule has 0 N–H and O–H groups in total. The van der Waals surface area contributed by atoms with Crippen molar-refractivity contribution in [2.24, 2.45) is 5.92 Å². The molecule has 1 heterocycles. The lowest BCUT2D eigenvalue weighted by atomic mass is 10.1. The van der Waals surface area contributed by atoms with E-state index in [0.717, 1.165) is 0 Å². The monoisotopic (exact) mass is 383 g/mol. The zero-order chi connectivity index (χ0) is 19.3. The Balaban J connectivity index is 2.04. The van der Waals surface area contributed by atoms with Crippen LogP contribution in [0.2, 0.25) is 0 Å². The first-order valence-corrected chi connectivity index (χ1v) is 10.4. The quantitative estimate of drug-likeness (QED) is 0.663. The van der Waals surface area contributed by atoms with E-state index in [9.17, 15) is 18.0 Å². The minimum absolute atomic E-state index is 0.0358. The molecule has 0 aliphatic carbocycles. The second kappa shape index (κ2) is 8.53. The number of para-hydroxylation sites is 1. The number of carbonyl (C=O) groups is 2. The average Bonchev–Trinajstić information content (AvgIpc) is 2.96. The molecule has 7 nitrogen and oxygen atoms in total. The van der Waals surface area contributed by atoms with Gasteiger partial charge in [-0.15, -0.1) is 0 Å². The van der Waals surface area contributed by atoms with Crippen molar-refractivity contribution in [3.63, 3.8) is 0 Å². The number of carbonyl (C=O) groups excluding carboxylic acids is 2. The van der Waals surface area contributed by atoms with E-state index >= 15 is 0 Å². The summed E-state index contributed by atoms with van der Waals surface area (Å²) in [6.45, 7) is 3.89. The summed E-state index contributed by atoms with van der Waals surface area (Å²) < 4.78 is 33.7. The summed E-state index contributed by atoms with van der Waals surface area (Å²) in [6.07, 6.45) is 0.418. The van der Waals surface area contributed by atoms with Gasteiger partial charge in [0.15, 0.2) is 16.4 Å². The van der Waals surface area contributed by atoms with Crippen LogP contribution in [0.4, 0.5) is 0 Å². The van der Waals surface area contributed by atoms with E-state index in [1.165, 1.54) is 12.0 Å². The molecule has 1 amide bonds. The van der Waals surface area contributed by atoms with E-state index in [0.29, 0.717) is 18.7 Å². The van der Waals surface area contributed by atoms with Gasteiger partial charge in [0, 0.05) is 12.6 Å². The van der Waals surface area contributed by atoms with Gasteiger partial charge in [-0.25, -0.2) is 13.2 Å². The molecule has 1 aromatic carbocycles. The SMILES string of the molecule is COc1ccccc1C(=O)OCC(=O)N(CC(C)C)C1CCS(=O)(=O)C1. The van der Waals surface area contributed by atoms with Crippen molar-refractivity contribution < 1.29 is 27.5 Å². The smallest absolute Gasteiger partial charge is 0.342 e. The van der Waals surface area contributed by atoms with Crippen molar-refractivity contribution in [2.45, 2.75) is 26.3 Å². The Morgan fingerprint density at radius 1 is 1.27 bits per heavy atom. The van der Waals surface area contributed by atoms with Crippen LogP contribution in [0.1, 0.15) is 30.6 Å². The van der Waals surface area contributed by atoms with Crippen molar-refractivity contribution in [1.82, 2.24) is 4.90 Å². The molecule has 1 aromatic rings. The van der Waals surface area contributed by atoms with Gasteiger partial charge in [0.1, 0.15) is 11.3 Å². The lowest BCUT2D eigenvalue weighted by molar-refractivity contribution is -0.137. The molecule has 0 radical (unpaired) electrons. The number of hydrogen-bond donors (Lipinski definition) is 0. The Labute approximate surface area is 154 Å². The second-order valence-corrected chi connectivity index (χ2v) is 9.00. The summed E-state index contributed by atoms with van der Waals surface area (Å²) in [6, 6.07) is 6.23. The average molecular weight is 383 g/mol. The van der Waals surface area contributed by atoms with Gasteiger partial charge in [-0.05, 0) is 24.5 Å². The van der Waals surface area contributed by atoms with Gasteiger partial charge in [0.25, 0.3) is 5.91 Å². The molecular formula is C18H25NO6S. The molecule has 1 aliphatic heterocycles. The van der Waals surface area contributed by atoms with Crippen LogP contribution in [0.25, 0.3) is 0 Å². The molecule has 26 heavy (non-hydrogen) atoms. The van der Waals surface area contributed by atoms with Crippen LogP contribution in [0.3, 0.4) is 0 Å². The number of rotatable bonds is 7. The topological polar surface area (TPSA) is 90.0 Å². The van der Waals surface area contributed by atoms with Crippen molar-refractivity contribution in [3.8, 4) is 5.75 Å². The Morgan fingerprint density at radius 3 is 2.54 bits per heavy atom. The Morgan fingerprint density at radius 2 is 1.96 bits per heavy atom. The van der Waals surface area contributed by atoms with E-state index in [1.807, 2.05) is 13.8 Å². The molecule has 0 aromatic heterocycles. The minimum atomic E-state index is -3.11. The van der Waals surface area contributed by atoms with Gasteiger partial charge in [-0.2, -0.15) is 0 Å². The first-order chi connectivity index (χ1) is 12.2. The largest absolute Gasteiger partial charge is 0.496 e. The van der Waals surface area contributed by atoms with Gasteiger partial charge in [0.2, 0.25) is 0 Å². The number of ether oxygens (including phenoxy) is 2. The first-order valence-electron chi connectivity index (χ1n) is 8.53. The molecule has 1 atom stereocenters. The van der Waals surface area contributed by atoms with Crippen molar-refractivity contribution in [2.75, 3.05) is 31.8 Å². The van der Waals surface area contributed by atoms with E-state index in [4.69, 9.17) is 9.47 Å². The Hall–Kier alpha value is -2.09. The van der Waals surface area contributed by atoms with Crippen LogP contribution < -0.4 is 4.74 Å². The third kappa shape index (κ3) is 5.20. The summed E-state index contributed by atoms with van der Waals surface area (Å²) in [7, 11) is -1.66. The molecule has 0 bridgehead atoms. The number of esters is 1. The van der Waals surface area contributed by atoms with Crippen molar-refractivity contribution in [1.29, 1.82) is 0 Å². The Bertz CT molecular complexity index is 759. The van der Waals surface area contributed by atoms with Crippen LogP contribution in [0.5, 0.6) is 5.75 Å². The van der Waals surface area contributed by atoms with Gasteiger partial charge in [0.05, 0.1) is 18.6 Å². The Kier molecular flexibility index (Phi) is 6.63. The van der Waals surface area contributed by atoms with E-state index in [2.05, 4.69) is 0 Å². The summed E-state index contributed by atoms with van der Waals surface area (Å²) in [5, 5.41) is 0. The summed E-state index contributed by atoms with van der Waals surface area (Å²) in [5.74, 6) is -0.451. The molecule has 1 aliphatic rings. The highest BCUT2D eigenvalue weighted by Gasteiger charge is 2.35. The normalized spacial score (nSPS) is 18.5. The first kappa shape index (κ1) is 20.2. The third-order valence-electron chi connectivity index (χ3n) is 4.18. The molecule has 2 rings (SSSR count). The van der Waals surface area contributed by atoms with Gasteiger partial charge in [-0.1, -0.05) is 26.0 Å². The predicted molar refractivity (Wildman–Crippen MR) is 96.9 cm³/mol. The molecule has 0 spiro atoms. The van der Waals surface area contributed by atoms with Gasteiger partial charge in [-0.3, -0.25) is 4.79 Å². The number of amides is 1. The van der Waals surface area contributed by atoms with Crippen LogP contribution in [-0.2, 0) is 19.4 Å². The zero-order valence-corrected chi connectivity index (χ0v) is 16.1. The van der Waals surface area contributed by atoms with Gasteiger partial charge >= 0.3 is 5.97 Å². The summed E-state index contributed by atoms with van der Waals surface area (Å²) in [5.41, 5.74) is 0.238.